The molecule has 3 N–H and O–H groups in total. The highest BCUT2D eigenvalue weighted by Crippen LogP contribution is 2.06. The van der Waals surface area contributed by atoms with Crippen molar-refractivity contribution in [3.8, 4) is 0 Å². The van der Waals surface area contributed by atoms with Crippen molar-refractivity contribution in [2.75, 3.05) is 32.7 Å². The summed E-state index contributed by atoms with van der Waals surface area (Å²) in [6.45, 7) is 4.81. The Morgan fingerprint density at radius 3 is 2.71 bits per heavy atom. The molecule has 82 valence electrons. The molecule has 1 heterocycles. The highest BCUT2D eigenvalue weighted by molar-refractivity contribution is 5.75. The quantitative estimate of drug-likeness (QED) is 0.589. The van der Waals surface area contributed by atoms with Gasteiger partial charge in [0.2, 0.25) is 5.91 Å². The van der Waals surface area contributed by atoms with Gasteiger partial charge in [0.1, 0.15) is 0 Å². The number of hydrogen-bond acceptors (Lipinski definition) is 3. The second-order valence-corrected chi connectivity index (χ2v) is 3.79. The van der Waals surface area contributed by atoms with Gasteiger partial charge < -0.3 is 16.0 Å². The molecule has 0 bridgehead atoms. The van der Waals surface area contributed by atoms with Crippen LogP contribution in [0.3, 0.4) is 0 Å². The molecular formula is C10H21N3O. The minimum atomic E-state index is 0.0777. The molecule has 4 nitrogen and oxygen atoms in total. The summed E-state index contributed by atoms with van der Waals surface area (Å²) in [4.78, 5) is 13.5. The van der Waals surface area contributed by atoms with Crippen molar-refractivity contribution >= 4 is 5.91 Å². The van der Waals surface area contributed by atoms with Gasteiger partial charge in [-0.15, -0.1) is 0 Å². The number of nitrogens with one attached hydrogen (secondary N) is 1. The standard InChI is InChI=1S/C10H21N3O/c11-5-4-10(14)12-6-3-9-13-7-1-2-8-13/h1-9,11H2,(H,12,14). The van der Waals surface area contributed by atoms with Crippen LogP contribution in [0, 0.1) is 0 Å². The zero-order chi connectivity index (χ0) is 10.2. The summed E-state index contributed by atoms with van der Waals surface area (Å²) < 4.78 is 0. The highest BCUT2D eigenvalue weighted by atomic mass is 16.1. The predicted octanol–water partition coefficient (Wildman–Crippen LogP) is -0.0627. The molecule has 0 aromatic heterocycles. The third-order valence-corrected chi connectivity index (χ3v) is 2.54. The van der Waals surface area contributed by atoms with Crippen LogP contribution < -0.4 is 11.1 Å². The second-order valence-electron chi connectivity index (χ2n) is 3.79. The molecule has 0 aromatic carbocycles. The van der Waals surface area contributed by atoms with Crippen molar-refractivity contribution < 1.29 is 4.79 Å². The number of hydrogen-bond donors (Lipinski definition) is 2. The number of likely N-dealkylation sites (tertiary alicyclic amines) is 1. The summed E-state index contributed by atoms with van der Waals surface area (Å²) in [6, 6.07) is 0. The van der Waals surface area contributed by atoms with Crippen LogP contribution in [0.15, 0.2) is 0 Å². The fraction of sp³-hybridized carbons (Fsp3) is 0.900. The Labute approximate surface area is 85.8 Å². The molecule has 1 rings (SSSR count). The van der Waals surface area contributed by atoms with E-state index in [1.54, 1.807) is 0 Å². The van der Waals surface area contributed by atoms with Crippen molar-refractivity contribution in [1.29, 1.82) is 0 Å². The maximum Gasteiger partial charge on any atom is 0.221 e. The number of rotatable bonds is 6. The van der Waals surface area contributed by atoms with Gasteiger partial charge in [-0.2, -0.15) is 0 Å². The third kappa shape index (κ3) is 4.58. The van der Waals surface area contributed by atoms with Gasteiger partial charge in [-0.3, -0.25) is 4.79 Å². The lowest BCUT2D eigenvalue weighted by Crippen LogP contribution is -2.29. The van der Waals surface area contributed by atoms with E-state index >= 15 is 0 Å². The molecule has 1 saturated heterocycles. The molecule has 0 unspecified atom stereocenters. The van der Waals surface area contributed by atoms with Gasteiger partial charge in [-0.05, 0) is 38.9 Å². The molecule has 1 aliphatic heterocycles. The Hall–Kier alpha value is -0.610. The Morgan fingerprint density at radius 2 is 2.07 bits per heavy atom. The molecule has 1 fully saturated rings. The van der Waals surface area contributed by atoms with Gasteiger partial charge >= 0.3 is 0 Å². The van der Waals surface area contributed by atoms with Crippen LogP contribution in [0.25, 0.3) is 0 Å². The Bertz CT molecular complexity index is 167. The van der Waals surface area contributed by atoms with Crippen LogP contribution in [-0.2, 0) is 4.79 Å². The Morgan fingerprint density at radius 1 is 1.36 bits per heavy atom. The Kier molecular flexibility index (Phi) is 5.56. The minimum Gasteiger partial charge on any atom is -0.356 e. The van der Waals surface area contributed by atoms with Crippen LogP contribution in [0.1, 0.15) is 25.7 Å². The van der Waals surface area contributed by atoms with E-state index in [-0.39, 0.29) is 5.91 Å². The van der Waals surface area contributed by atoms with E-state index in [0.717, 1.165) is 19.5 Å². The van der Waals surface area contributed by atoms with Gasteiger partial charge in [0.25, 0.3) is 0 Å². The molecule has 1 aliphatic rings. The highest BCUT2D eigenvalue weighted by Gasteiger charge is 2.10. The van der Waals surface area contributed by atoms with E-state index in [4.69, 9.17) is 5.73 Å². The molecule has 14 heavy (non-hydrogen) atoms. The fourth-order valence-corrected chi connectivity index (χ4v) is 1.76. The van der Waals surface area contributed by atoms with Gasteiger partial charge in [0, 0.05) is 19.5 Å². The first-order valence-corrected chi connectivity index (χ1v) is 5.52. The lowest BCUT2D eigenvalue weighted by atomic mass is 10.3. The third-order valence-electron chi connectivity index (χ3n) is 2.54. The first-order chi connectivity index (χ1) is 6.83. The van der Waals surface area contributed by atoms with E-state index < -0.39 is 0 Å². The normalized spacial score (nSPS) is 17.2. The topological polar surface area (TPSA) is 58.4 Å². The maximum atomic E-state index is 11.0. The van der Waals surface area contributed by atoms with Crippen LogP contribution in [0.4, 0.5) is 0 Å². The number of carbonyl (C=O) groups is 1. The number of nitrogens with zero attached hydrogens (tertiary/aromatic N) is 1. The molecule has 1 amide bonds. The van der Waals surface area contributed by atoms with Crippen molar-refractivity contribution in [3.63, 3.8) is 0 Å². The smallest absolute Gasteiger partial charge is 0.221 e. The maximum absolute atomic E-state index is 11.0. The van der Waals surface area contributed by atoms with Crippen LogP contribution in [-0.4, -0.2) is 43.5 Å². The molecular weight excluding hydrogens is 178 g/mol. The van der Waals surface area contributed by atoms with E-state index in [9.17, 15) is 4.79 Å². The first kappa shape index (κ1) is 11.5. The van der Waals surface area contributed by atoms with Crippen LogP contribution in [0.5, 0.6) is 0 Å². The molecule has 0 aliphatic carbocycles. The summed E-state index contributed by atoms with van der Waals surface area (Å²) >= 11 is 0. The zero-order valence-corrected chi connectivity index (χ0v) is 8.80. The molecule has 0 spiro atoms. The van der Waals surface area contributed by atoms with Gasteiger partial charge in [0.05, 0.1) is 0 Å². The van der Waals surface area contributed by atoms with Gasteiger partial charge in [0.15, 0.2) is 0 Å². The fourth-order valence-electron chi connectivity index (χ4n) is 1.76. The largest absolute Gasteiger partial charge is 0.356 e. The van der Waals surface area contributed by atoms with E-state index in [0.29, 0.717) is 13.0 Å². The molecule has 0 atom stereocenters. The van der Waals surface area contributed by atoms with Crippen molar-refractivity contribution in [2.45, 2.75) is 25.7 Å². The Balaban J connectivity index is 1.90. The van der Waals surface area contributed by atoms with E-state index in [1.165, 1.54) is 25.9 Å². The van der Waals surface area contributed by atoms with Crippen molar-refractivity contribution in [1.82, 2.24) is 10.2 Å². The molecule has 0 aromatic rings. The zero-order valence-electron chi connectivity index (χ0n) is 8.80. The number of nitrogens with two attached hydrogens (primary N) is 1. The minimum absolute atomic E-state index is 0.0777. The summed E-state index contributed by atoms with van der Waals surface area (Å²) in [7, 11) is 0. The number of amides is 1. The molecule has 4 heteroatoms. The average molecular weight is 199 g/mol. The van der Waals surface area contributed by atoms with E-state index in [1.807, 2.05) is 0 Å². The SMILES string of the molecule is NCCC(=O)NCCCN1CCCC1. The molecule has 0 saturated carbocycles. The van der Waals surface area contributed by atoms with Crippen LogP contribution >= 0.6 is 0 Å². The molecule has 0 radical (unpaired) electrons. The first-order valence-electron chi connectivity index (χ1n) is 5.52. The summed E-state index contributed by atoms with van der Waals surface area (Å²) in [6.07, 6.45) is 4.17. The second kappa shape index (κ2) is 6.79. The summed E-state index contributed by atoms with van der Waals surface area (Å²) in [5, 5.41) is 2.86. The van der Waals surface area contributed by atoms with E-state index in [2.05, 4.69) is 10.2 Å². The van der Waals surface area contributed by atoms with Crippen molar-refractivity contribution in [3.05, 3.63) is 0 Å². The predicted molar refractivity (Wildman–Crippen MR) is 57.0 cm³/mol. The van der Waals surface area contributed by atoms with Gasteiger partial charge in [-0.1, -0.05) is 0 Å². The summed E-state index contributed by atoms with van der Waals surface area (Å²) in [5.74, 6) is 0.0777. The summed E-state index contributed by atoms with van der Waals surface area (Å²) in [5.41, 5.74) is 5.26. The number of carbonyl (C=O) groups excluding carboxylic acids is 1. The average Bonchev–Trinajstić information content (AvgIpc) is 2.65. The lowest BCUT2D eigenvalue weighted by Gasteiger charge is -2.14. The monoisotopic (exact) mass is 199 g/mol. The lowest BCUT2D eigenvalue weighted by molar-refractivity contribution is -0.120. The van der Waals surface area contributed by atoms with Gasteiger partial charge in [-0.25, -0.2) is 0 Å². The van der Waals surface area contributed by atoms with Crippen LogP contribution in [0.2, 0.25) is 0 Å². The van der Waals surface area contributed by atoms with Crippen molar-refractivity contribution in [2.24, 2.45) is 5.73 Å².